The van der Waals surface area contributed by atoms with Crippen LogP contribution in [0, 0.1) is 0 Å². The molecule has 1 fully saturated rings. The minimum Gasteiger partial charge on any atom is -0.357 e. The highest BCUT2D eigenvalue weighted by Crippen LogP contribution is 2.35. The van der Waals surface area contributed by atoms with Crippen LogP contribution in [0.15, 0.2) is 5.16 Å². The number of nitrogens with one attached hydrogen (secondary N) is 1. The van der Waals surface area contributed by atoms with E-state index in [0.29, 0.717) is 5.94 Å². The van der Waals surface area contributed by atoms with Gasteiger partial charge in [0.2, 0.25) is 0 Å². The molecule has 1 aliphatic heterocycles. The zero-order valence-corrected chi connectivity index (χ0v) is 10.0. The Hall–Kier alpha value is -0.750. The fourth-order valence-corrected chi connectivity index (χ4v) is 2.48. The summed E-state index contributed by atoms with van der Waals surface area (Å²) < 4.78 is 5.64. The van der Waals surface area contributed by atoms with Gasteiger partial charge in [0, 0.05) is 7.05 Å². The van der Waals surface area contributed by atoms with Gasteiger partial charge in [0.25, 0.3) is 0 Å². The van der Waals surface area contributed by atoms with Crippen molar-refractivity contribution in [1.29, 1.82) is 0 Å². The SMILES string of the molecule is CCC1(CC)OCSC1=NOC(=O)NC. The number of carbonyl (C=O) groups excluding carboxylic acids is 1. The summed E-state index contributed by atoms with van der Waals surface area (Å²) in [5.74, 6) is 0.567. The number of oxime groups is 1. The monoisotopic (exact) mass is 232 g/mol. The molecular formula is C9H16N2O3S. The number of nitrogens with zero attached hydrogens (tertiary/aromatic N) is 1. The van der Waals surface area contributed by atoms with Crippen LogP contribution >= 0.6 is 11.8 Å². The van der Waals surface area contributed by atoms with Crippen molar-refractivity contribution in [3.05, 3.63) is 0 Å². The molecule has 0 unspecified atom stereocenters. The van der Waals surface area contributed by atoms with Crippen LogP contribution in [0.3, 0.4) is 0 Å². The van der Waals surface area contributed by atoms with Crippen LogP contribution in [-0.2, 0) is 9.57 Å². The molecule has 5 nitrogen and oxygen atoms in total. The maximum Gasteiger partial charge on any atom is 0.433 e. The summed E-state index contributed by atoms with van der Waals surface area (Å²) in [4.78, 5) is 15.5. The van der Waals surface area contributed by atoms with Gasteiger partial charge in [0.15, 0.2) is 0 Å². The third kappa shape index (κ3) is 2.63. The van der Waals surface area contributed by atoms with E-state index in [2.05, 4.69) is 15.3 Å². The predicted molar refractivity (Wildman–Crippen MR) is 59.8 cm³/mol. The molecule has 0 radical (unpaired) electrons. The molecule has 6 heteroatoms. The Morgan fingerprint density at radius 1 is 1.67 bits per heavy atom. The van der Waals surface area contributed by atoms with E-state index in [4.69, 9.17) is 4.74 Å². The van der Waals surface area contributed by atoms with Crippen molar-refractivity contribution in [3.8, 4) is 0 Å². The van der Waals surface area contributed by atoms with Gasteiger partial charge >= 0.3 is 6.09 Å². The van der Waals surface area contributed by atoms with Crippen LogP contribution in [-0.4, -0.2) is 29.7 Å². The number of hydrogen-bond donors (Lipinski definition) is 1. The van der Waals surface area contributed by atoms with E-state index in [1.807, 2.05) is 13.8 Å². The third-order valence-electron chi connectivity index (χ3n) is 2.48. The van der Waals surface area contributed by atoms with E-state index in [9.17, 15) is 4.79 Å². The summed E-state index contributed by atoms with van der Waals surface area (Å²) in [5, 5.41) is 6.91. The van der Waals surface area contributed by atoms with Crippen molar-refractivity contribution in [3.63, 3.8) is 0 Å². The lowest BCUT2D eigenvalue weighted by Gasteiger charge is -2.23. The standard InChI is InChI=1S/C9H16N2O3S/c1-4-9(5-2)7(15-6-13-9)11-14-8(12)10-3/h4-6H2,1-3H3,(H,10,12). The second-order valence-corrected chi connectivity index (χ2v) is 4.04. The van der Waals surface area contributed by atoms with Crippen molar-refractivity contribution in [2.45, 2.75) is 32.3 Å². The fourth-order valence-electron chi connectivity index (χ4n) is 1.39. The first-order valence-corrected chi connectivity index (χ1v) is 5.91. The Bertz CT molecular complexity index is 264. The molecule has 0 aliphatic carbocycles. The molecular weight excluding hydrogens is 216 g/mol. The summed E-state index contributed by atoms with van der Waals surface area (Å²) in [5.41, 5.74) is -0.362. The molecule has 0 aromatic carbocycles. The fraction of sp³-hybridized carbons (Fsp3) is 0.778. The van der Waals surface area contributed by atoms with Gasteiger partial charge in [-0.25, -0.2) is 4.79 Å². The Morgan fingerprint density at radius 3 is 2.87 bits per heavy atom. The molecule has 1 heterocycles. The van der Waals surface area contributed by atoms with Crippen molar-refractivity contribution in [1.82, 2.24) is 5.32 Å². The normalized spacial score (nSPS) is 21.7. The Morgan fingerprint density at radius 2 is 2.33 bits per heavy atom. The summed E-state index contributed by atoms with van der Waals surface area (Å²) in [6.07, 6.45) is 1.09. The predicted octanol–water partition coefficient (Wildman–Crippen LogP) is 1.94. The second kappa shape index (κ2) is 5.37. The lowest BCUT2D eigenvalue weighted by atomic mass is 9.99. The highest BCUT2D eigenvalue weighted by molar-refractivity contribution is 8.14. The van der Waals surface area contributed by atoms with Crippen LogP contribution in [0.2, 0.25) is 0 Å². The van der Waals surface area contributed by atoms with E-state index in [1.54, 1.807) is 0 Å². The van der Waals surface area contributed by atoms with Gasteiger partial charge in [-0.2, -0.15) is 0 Å². The van der Waals surface area contributed by atoms with Crippen LogP contribution in [0.5, 0.6) is 0 Å². The van der Waals surface area contributed by atoms with E-state index in [-0.39, 0.29) is 5.60 Å². The molecule has 0 aromatic rings. The zero-order valence-electron chi connectivity index (χ0n) is 9.20. The Kier molecular flexibility index (Phi) is 4.41. The first kappa shape index (κ1) is 12.3. The summed E-state index contributed by atoms with van der Waals surface area (Å²) in [7, 11) is 1.49. The highest BCUT2D eigenvalue weighted by Gasteiger charge is 2.40. The smallest absolute Gasteiger partial charge is 0.357 e. The average Bonchev–Trinajstić information content (AvgIpc) is 2.69. The zero-order chi connectivity index (χ0) is 11.3. The van der Waals surface area contributed by atoms with Crippen molar-refractivity contribution in [2.75, 3.05) is 13.0 Å². The topological polar surface area (TPSA) is 59.9 Å². The van der Waals surface area contributed by atoms with Gasteiger partial charge in [-0.05, 0) is 12.8 Å². The molecule has 86 valence electrons. The van der Waals surface area contributed by atoms with Gasteiger partial charge < -0.3 is 10.1 Å². The van der Waals surface area contributed by atoms with Crippen LogP contribution in [0.25, 0.3) is 0 Å². The van der Waals surface area contributed by atoms with Gasteiger partial charge in [0.05, 0.1) is 5.94 Å². The van der Waals surface area contributed by atoms with Crippen LogP contribution < -0.4 is 5.32 Å². The molecule has 1 rings (SSSR count). The molecule has 0 bridgehead atoms. The van der Waals surface area contributed by atoms with Crippen LogP contribution in [0.4, 0.5) is 4.79 Å². The number of carbonyl (C=O) groups is 1. The molecule has 1 saturated heterocycles. The number of ether oxygens (including phenoxy) is 1. The molecule has 0 atom stereocenters. The van der Waals surface area contributed by atoms with Gasteiger partial charge in [-0.15, -0.1) is 0 Å². The average molecular weight is 232 g/mol. The van der Waals surface area contributed by atoms with Crippen molar-refractivity contribution >= 4 is 22.9 Å². The Balaban J connectivity index is 2.71. The van der Waals surface area contributed by atoms with Crippen molar-refractivity contribution in [2.24, 2.45) is 5.16 Å². The molecule has 1 N–H and O–H groups in total. The maximum absolute atomic E-state index is 10.9. The molecule has 1 amide bonds. The molecule has 0 aromatic heterocycles. The largest absolute Gasteiger partial charge is 0.433 e. The second-order valence-electron chi connectivity index (χ2n) is 3.13. The molecule has 0 spiro atoms. The quantitative estimate of drug-likeness (QED) is 0.596. The third-order valence-corrected chi connectivity index (χ3v) is 3.43. The number of amides is 1. The molecule has 0 saturated carbocycles. The first-order valence-electron chi connectivity index (χ1n) is 4.92. The lowest BCUT2D eigenvalue weighted by molar-refractivity contribution is 0.0411. The minimum absolute atomic E-state index is 0.362. The Labute approximate surface area is 93.6 Å². The molecule has 15 heavy (non-hydrogen) atoms. The number of hydrogen-bond acceptors (Lipinski definition) is 5. The number of thioether (sulfide) groups is 1. The summed E-state index contributed by atoms with van der Waals surface area (Å²) >= 11 is 1.47. The maximum atomic E-state index is 10.9. The van der Waals surface area contributed by atoms with E-state index >= 15 is 0 Å². The van der Waals surface area contributed by atoms with Gasteiger partial charge in [0.1, 0.15) is 10.6 Å². The molecule has 1 aliphatic rings. The number of rotatable bonds is 3. The minimum atomic E-state index is -0.559. The lowest BCUT2D eigenvalue weighted by Crippen LogP contribution is -2.34. The van der Waals surface area contributed by atoms with Gasteiger partial charge in [-0.1, -0.05) is 30.8 Å². The van der Waals surface area contributed by atoms with Crippen LogP contribution in [0.1, 0.15) is 26.7 Å². The summed E-state index contributed by atoms with van der Waals surface area (Å²) in [6, 6.07) is 0. The highest BCUT2D eigenvalue weighted by atomic mass is 32.2. The van der Waals surface area contributed by atoms with Crippen molar-refractivity contribution < 1.29 is 14.4 Å². The first-order chi connectivity index (χ1) is 7.18. The van der Waals surface area contributed by atoms with E-state index in [0.717, 1.165) is 17.9 Å². The van der Waals surface area contributed by atoms with E-state index < -0.39 is 6.09 Å². The van der Waals surface area contributed by atoms with E-state index in [1.165, 1.54) is 18.8 Å². The summed E-state index contributed by atoms with van der Waals surface area (Å²) in [6.45, 7) is 4.07. The van der Waals surface area contributed by atoms with Gasteiger partial charge in [-0.3, -0.25) is 4.84 Å².